The van der Waals surface area contributed by atoms with Crippen molar-refractivity contribution in [3.8, 4) is 5.75 Å². The Hall–Kier alpha value is -2.66. The van der Waals surface area contributed by atoms with Crippen LogP contribution in [-0.4, -0.2) is 24.1 Å². The minimum absolute atomic E-state index is 0.0633. The lowest BCUT2D eigenvalue weighted by atomic mass is 9.71. The fourth-order valence-electron chi connectivity index (χ4n) is 3.58. The third kappa shape index (κ3) is 2.42. The summed E-state index contributed by atoms with van der Waals surface area (Å²) < 4.78 is 25.3. The number of aliphatic hydroxyl groups is 1. The third-order valence-corrected chi connectivity index (χ3v) is 4.92. The minimum Gasteiger partial charge on any atom is -0.493 e. The van der Waals surface area contributed by atoms with E-state index >= 15 is 0 Å². The Morgan fingerprint density at radius 1 is 1.19 bits per heavy atom. The first-order valence-electron chi connectivity index (χ1n) is 8.59. The normalized spacial score (nSPS) is 15.0. The van der Waals surface area contributed by atoms with Crippen molar-refractivity contribution < 1.29 is 23.4 Å². The van der Waals surface area contributed by atoms with Gasteiger partial charge in [-0.1, -0.05) is 0 Å². The number of hydrogen-bond acceptors (Lipinski definition) is 4. The molecule has 5 heteroatoms. The number of furan rings is 1. The van der Waals surface area contributed by atoms with Crippen LogP contribution < -0.4 is 4.74 Å². The molecule has 0 amide bonds. The van der Waals surface area contributed by atoms with Crippen molar-refractivity contribution in [2.75, 3.05) is 13.2 Å². The summed E-state index contributed by atoms with van der Waals surface area (Å²) in [6.45, 7) is 4.42. The van der Waals surface area contributed by atoms with Crippen molar-refractivity contribution in [2.24, 2.45) is 0 Å². The van der Waals surface area contributed by atoms with Crippen LogP contribution >= 0.6 is 0 Å². The Bertz CT molecular complexity index is 1020. The van der Waals surface area contributed by atoms with E-state index in [9.17, 15) is 9.18 Å². The molecule has 0 unspecified atom stereocenters. The van der Waals surface area contributed by atoms with Crippen molar-refractivity contribution in [3.63, 3.8) is 0 Å². The molecule has 1 aliphatic carbocycles. The summed E-state index contributed by atoms with van der Waals surface area (Å²) in [7, 11) is 0. The second-order valence-electron chi connectivity index (χ2n) is 7.03. The Morgan fingerprint density at radius 2 is 2.00 bits per heavy atom. The van der Waals surface area contributed by atoms with E-state index in [2.05, 4.69) is 0 Å². The monoisotopic (exact) mass is 354 g/mol. The highest BCUT2D eigenvalue weighted by molar-refractivity contribution is 6.19. The zero-order valence-corrected chi connectivity index (χ0v) is 14.6. The van der Waals surface area contributed by atoms with Crippen LogP contribution in [0.15, 0.2) is 40.8 Å². The predicted molar refractivity (Wildman–Crippen MR) is 95.4 cm³/mol. The first kappa shape index (κ1) is 16.8. The molecule has 1 N–H and O–H groups in total. The molecule has 2 aromatic carbocycles. The maximum atomic E-state index is 13.7. The molecule has 0 saturated carbocycles. The van der Waals surface area contributed by atoms with Gasteiger partial charge in [-0.15, -0.1) is 0 Å². The molecule has 1 aliphatic rings. The molecule has 0 saturated heterocycles. The molecule has 3 aromatic rings. The summed E-state index contributed by atoms with van der Waals surface area (Å²) in [5.74, 6) is 0.623. The molecule has 1 aromatic heterocycles. The number of aliphatic hydroxyl groups excluding tert-OH is 1. The highest BCUT2D eigenvalue weighted by atomic mass is 19.1. The standard InChI is InChI=1S/C21H19FO4/c1-21(2)16-11-13(25-9-3-8-23)5-6-14(16)19(24)18-15-10-12(22)4-7-17(15)26-20(18)21/h4-7,10-11,23H,3,8-9H2,1-2H3. The quantitative estimate of drug-likeness (QED) is 0.713. The molecular weight excluding hydrogens is 335 g/mol. The molecule has 0 atom stereocenters. The van der Waals surface area contributed by atoms with Crippen LogP contribution in [0.3, 0.4) is 0 Å². The minimum atomic E-state index is -0.565. The molecule has 0 radical (unpaired) electrons. The highest BCUT2D eigenvalue weighted by Crippen LogP contribution is 2.46. The van der Waals surface area contributed by atoms with E-state index in [4.69, 9.17) is 14.3 Å². The number of benzene rings is 2. The van der Waals surface area contributed by atoms with E-state index in [-0.39, 0.29) is 12.4 Å². The summed E-state index contributed by atoms with van der Waals surface area (Å²) >= 11 is 0. The van der Waals surface area contributed by atoms with Crippen LogP contribution in [0.2, 0.25) is 0 Å². The Kier molecular flexibility index (Phi) is 3.84. The third-order valence-electron chi connectivity index (χ3n) is 4.92. The van der Waals surface area contributed by atoms with Gasteiger partial charge in [0.15, 0.2) is 5.78 Å². The number of carbonyl (C=O) groups excluding carboxylic acids is 1. The van der Waals surface area contributed by atoms with E-state index in [1.165, 1.54) is 12.1 Å². The molecule has 0 spiro atoms. The molecule has 0 aliphatic heterocycles. The van der Waals surface area contributed by atoms with Gasteiger partial charge in [-0.25, -0.2) is 4.39 Å². The summed E-state index contributed by atoms with van der Waals surface area (Å²) in [5, 5.41) is 9.39. The Labute approximate surface area is 150 Å². The molecule has 4 rings (SSSR count). The molecule has 0 fully saturated rings. The lowest BCUT2D eigenvalue weighted by Crippen LogP contribution is -2.29. The predicted octanol–water partition coefficient (Wildman–Crippen LogP) is 4.20. The zero-order chi connectivity index (χ0) is 18.5. The number of ketones is 1. The van der Waals surface area contributed by atoms with E-state index in [0.29, 0.717) is 46.6 Å². The number of ether oxygens (including phenoxy) is 1. The lowest BCUT2D eigenvalue weighted by molar-refractivity contribution is 0.102. The van der Waals surface area contributed by atoms with Crippen LogP contribution in [0.1, 0.15) is 47.5 Å². The summed E-state index contributed by atoms with van der Waals surface area (Å²) in [4.78, 5) is 13.1. The van der Waals surface area contributed by atoms with E-state index in [0.717, 1.165) is 5.56 Å². The van der Waals surface area contributed by atoms with Crippen LogP contribution in [0.4, 0.5) is 4.39 Å². The first-order chi connectivity index (χ1) is 12.4. The SMILES string of the molecule is CC1(C)c2cc(OCCCO)ccc2C(=O)c2c1oc1ccc(F)cc21. The molecule has 134 valence electrons. The largest absolute Gasteiger partial charge is 0.493 e. The first-order valence-corrected chi connectivity index (χ1v) is 8.59. The average molecular weight is 354 g/mol. The van der Waals surface area contributed by atoms with Crippen molar-refractivity contribution in [3.05, 3.63) is 64.7 Å². The molecular formula is C21H19FO4. The molecule has 1 heterocycles. The van der Waals surface area contributed by atoms with Gasteiger partial charge in [0.05, 0.1) is 12.2 Å². The Balaban J connectivity index is 1.86. The van der Waals surface area contributed by atoms with Crippen molar-refractivity contribution >= 4 is 16.8 Å². The van der Waals surface area contributed by atoms with Gasteiger partial charge < -0.3 is 14.3 Å². The number of rotatable bonds is 4. The van der Waals surface area contributed by atoms with E-state index in [1.807, 2.05) is 19.9 Å². The summed E-state index contributed by atoms with van der Waals surface area (Å²) in [6, 6.07) is 9.58. The highest BCUT2D eigenvalue weighted by Gasteiger charge is 2.41. The summed E-state index contributed by atoms with van der Waals surface area (Å²) in [6.07, 6.45) is 0.540. The van der Waals surface area contributed by atoms with Gasteiger partial charge in [-0.3, -0.25) is 4.79 Å². The average Bonchev–Trinajstić information content (AvgIpc) is 3.00. The maximum absolute atomic E-state index is 13.7. The zero-order valence-electron chi connectivity index (χ0n) is 14.6. The van der Waals surface area contributed by atoms with Crippen LogP contribution in [0, 0.1) is 5.82 Å². The smallest absolute Gasteiger partial charge is 0.197 e. The molecule has 4 nitrogen and oxygen atoms in total. The Morgan fingerprint density at radius 3 is 2.77 bits per heavy atom. The van der Waals surface area contributed by atoms with Crippen molar-refractivity contribution in [1.29, 1.82) is 0 Å². The van der Waals surface area contributed by atoms with Gasteiger partial charge in [0, 0.05) is 29.4 Å². The van der Waals surface area contributed by atoms with Crippen molar-refractivity contribution in [2.45, 2.75) is 25.7 Å². The van der Waals surface area contributed by atoms with Gasteiger partial charge in [0.25, 0.3) is 0 Å². The van der Waals surface area contributed by atoms with Crippen LogP contribution in [0.5, 0.6) is 5.75 Å². The van der Waals surface area contributed by atoms with Crippen molar-refractivity contribution in [1.82, 2.24) is 0 Å². The number of hydrogen-bond donors (Lipinski definition) is 1. The second-order valence-corrected chi connectivity index (χ2v) is 7.03. The number of halogens is 1. The summed E-state index contributed by atoms with van der Waals surface area (Å²) in [5.41, 5.74) is 1.76. The fraction of sp³-hybridized carbons (Fsp3) is 0.286. The van der Waals surface area contributed by atoms with Crippen LogP contribution in [0.25, 0.3) is 11.0 Å². The molecule has 26 heavy (non-hydrogen) atoms. The van der Waals surface area contributed by atoms with E-state index in [1.54, 1.807) is 18.2 Å². The lowest BCUT2D eigenvalue weighted by Gasteiger charge is -2.30. The van der Waals surface area contributed by atoms with Gasteiger partial charge in [0.2, 0.25) is 0 Å². The second kappa shape index (κ2) is 5.95. The van der Waals surface area contributed by atoms with Gasteiger partial charge in [0.1, 0.15) is 22.9 Å². The van der Waals surface area contributed by atoms with E-state index < -0.39 is 11.2 Å². The maximum Gasteiger partial charge on any atom is 0.197 e. The molecule has 0 bridgehead atoms. The fourth-order valence-corrected chi connectivity index (χ4v) is 3.58. The number of fused-ring (bicyclic) bond motifs is 4. The number of carbonyl (C=O) groups is 1. The van der Waals surface area contributed by atoms with Gasteiger partial charge in [-0.2, -0.15) is 0 Å². The van der Waals surface area contributed by atoms with Gasteiger partial charge >= 0.3 is 0 Å². The van der Waals surface area contributed by atoms with Gasteiger partial charge in [-0.05, 0) is 55.8 Å². The topological polar surface area (TPSA) is 59.7 Å². The van der Waals surface area contributed by atoms with Crippen LogP contribution in [-0.2, 0) is 5.41 Å².